The lowest BCUT2D eigenvalue weighted by Crippen LogP contribution is -2.11. The fraction of sp³-hybridized carbons (Fsp3) is 0.0588. The average Bonchev–Trinajstić information content (AvgIpc) is 3.09. The Kier molecular flexibility index (Phi) is 4.87. The number of para-hydroxylation sites is 1. The molecule has 2 heterocycles. The summed E-state index contributed by atoms with van der Waals surface area (Å²) in [6.07, 6.45) is 0. The second kappa shape index (κ2) is 7.45. The number of nitrogens with one attached hydrogen (secondary N) is 2. The number of anilines is 2. The van der Waals surface area contributed by atoms with Gasteiger partial charge in [0, 0.05) is 10.7 Å². The molecule has 0 saturated carbocycles. The molecule has 130 valence electrons. The molecule has 0 aliphatic carbocycles. The van der Waals surface area contributed by atoms with Gasteiger partial charge in [0.1, 0.15) is 5.82 Å². The van der Waals surface area contributed by atoms with Crippen molar-refractivity contribution >= 4 is 56.4 Å². The van der Waals surface area contributed by atoms with E-state index in [2.05, 4.69) is 25.5 Å². The third-order valence-electron chi connectivity index (χ3n) is 3.48. The highest BCUT2D eigenvalue weighted by molar-refractivity contribution is 8.00. The maximum Gasteiger partial charge on any atom is 0.258 e. The van der Waals surface area contributed by atoms with E-state index in [4.69, 9.17) is 11.6 Å². The first kappa shape index (κ1) is 17.0. The molecule has 0 spiro atoms. The van der Waals surface area contributed by atoms with E-state index in [0.29, 0.717) is 32.6 Å². The standard InChI is InChI=1S/C17H12ClN5OS2/c18-10-6-7-13-12(8-10)15(24)21-14(20-13)9-25-17-23-22-16(26-17)19-11-4-2-1-3-5-11/h1-8H,9H2,(H,19,22)(H,20,21,24). The molecule has 0 atom stereocenters. The summed E-state index contributed by atoms with van der Waals surface area (Å²) in [6.45, 7) is 0. The van der Waals surface area contributed by atoms with Crippen molar-refractivity contribution in [3.8, 4) is 0 Å². The van der Waals surface area contributed by atoms with Crippen LogP contribution in [0.25, 0.3) is 10.9 Å². The van der Waals surface area contributed by atoms with Crippen molar-refractivity contribution < 1.29 is 0 Å². The average molecular weight is 402 g/mol. The smallest absolute Gasteiger partial charge is 0.258 e. The molecule has 26 heavy (non-hydrogen) atoms. The van der Waals surface area contributed by atoms with Gasteiger partial charge in [0.05, 0.1) is 16.7 Å². The van der Waals surface area contributed by atoms with Crippen molar-refractivity contribution in [1.29, 1.82) is 0 Å². The van der Waals surface area contributed by atoms with Crippen molar-refractivity contribution in [2.45, 2.75) is 10.1 Å². The van der Waals surface area contributed by atoms with Crippen molar-refractivity contribution in [1.82, 2.24) is 20.2 Å². The molecule has 4 rings (SSSR count). The van der Waals surface area contributed by atoms with Gasteiger partial charge in [-0.25, -0.2) is 4.98 Å². The summed E-state index contributed by atoms with van der Waals surface area (Å²) in [7, 11) is 0. The topological polar surface area (TPSA) is 83.6 Å². The highest BCUT2D eigenvalue weighted by Gasteiger charge is 2.09. The zero-order valence-electron chi connectivity index (χ0n) is 13.3. The Labute approximate surface area is 161 Å². The van der Waals surface area contributed by atoms with E-state index in [1.54, 1.807) is 18.2 Å². The van der Waals surface area contributed by atoms with Crippen LogP contribution >= 0.6 is 34.7 Å². The van der Waals surface area contributed by atoms with Crippen molar-refractivity contribution in [2.75, 3.05) is 5.32 Å². The second-order valence-corrected chi connectivity index (χ2v) is 7.96. The van der Waals surface area contributed by atoms with Crippen LogP contribution in [0.3, 0.4) is 0 Å². The monoisotopic (exact) mass is 401 g/mol. The minimum Gasteiger partial charge on any atom is -0.330 e. The van der Waals surface area contributed by atoms with E-state index in [1.165, 1.54) is 23.1 Å². The van der Waals surface area contributed by atoms with Gasteiger partial charge in [-0.3, -0.25) is 4.79 Å². The summed E-state index contributed by atoms with van der Waals surface area (Å²) in [5.41, 5.74) is 1.38. The van der Waals surface area contributed by atoms with Crippen LogP contribution in [0.1, 0.15) is 5.82 Å². The molecule has 0 aliphatic rings. The summed E-state index contributed by atoms with van der Waals surface area (Å²) in [4.78, 5) is 19.4. The largest absolute Gasteiger partial charge is 0.330 e. The predicted molar refractivity (Wildman–Crippen MR) is 107 cm³/mol. The summed E-state index contributed by atoms with van der Waals surface area (Å²) in [5, 5.41) is 13.2. The molecule has 2 aromatic heterocycles. The van der Waals surface area contributed by atoms with Crippen molar-refractivity contribution in [3.05, 3.63) is 69.7 Å². The first-order chi connectivity index (χ1) is 12.7. The number of H-pyrrole nitrogens is 1. The van der Waals surface area contributed by atoms with E-state index in [1.807, 2.05) is 30.3 Å². The van der Waals surface area contributed by atoms with Crippen LogP contribution in [-0.2, 0) is 5.75 Å². The van der Waals surface area contributed by atoms with Gasteiger partial charge < -0.3 is 10.3 Å². The predicted octanol–water partition coefficient (Wildman–Crippen LogP) is 4.46. The zero-order chi connectivity index (χ0) is 17.9. The molecule has 9 heteroatoms. The van der Waals surface area contributed by atoms with Gasteiger partial charge in [-0.15, -0.1) is 10.2 Å². The lowest BCUT2D eigenvalue weighted by atomic mass is 10.2. The van der Waals surface area contributed by atoms with Crippen LogP contribution < -0.4 is 10.9 Å². The Hall–Kier alpha value is -2.42. The second-order valence-electron chi connectivity index (χ2n) is 5.33. The van der Waals surface area contributed by atoms with Gasteiger partial charge >= 0.3 is 0 Å². The Bertz CT molecular complexity index is 1110. The molecule has 0 saturated heterocycles. The Morgan fingerprint density at radius 2 is 2.00 bits per heavy atom. The number of hydrogen-bond donors (Lipinski definition) is 2. The van der Waals surface area contributed by atoms with Crippen LogP contribution in [0.5, 0.6) is 0 Å². The molecule has 0 aliphatic heterocycles. The number of aromatic amines is 1. The SMILES string of the molecule is O=c1[nH]c(CSc2nnc(Nc3ccccc3)s2)nc2ccc(Cl)cc12. The molecule has 0 fully saturated rings. The molecular formula is C17H12ClN5OS2. The van der Waals surface area contributed by atoms with Crippen LogP contribution in [-0.4, -0.2) is 20.2 Å². The quantitative estimate of drug-likeness (QED) is 0.480. The molecule has 4 aromatic rings. The Morgan fingerprint density at radius 1 is 1.15 bits per heavy atom. The molecular weight excluding hydrogens is 390 g/mol. The number of hydrogen-bond acceptors (Lipinski definition) is 7. The minimum absolute atomic E-state index is 0.197. The van der Waals surface area contributed by atoms with Gasteiger partial charge in [-0.05, 0) is 30.3 Å². The number of benzene rings is 2. The number of halogens is 1. The molecule has 6 nitrogen and oxygen atoms in total. The molecule has 2 aromatic carbocycles. The normalized spacial score (nSPS) is 11.0. The zero-order valence-corrected chi connectivity index (χ0v) is 15.7. The molecule has 0 radical (unpaired) electrons. The highest BCUT2D eigenvalue weighted by atomic mass is 35.5. The lowest BCUT2D eigenvalue weighted by molar-refractivity contribution is 1.00. The lowest BCUT2D eigenvalue weighted by Gasteiger charge is -2.02. The summed E-state index contributed by atoms with van der Waals surface area (Å²) in [5.74, 6) is 1.08. The van der Waals surface area contributed by atoms with Crippen molar-refractivity contribution in [3.63, 3.8) is 0 Å². The first-order valence-electron chi connectivity index (χ1n) is 7.64. The van der Waals surface area contributed by atoms with E-state index < -0.39 is 0 Å². The van der Waals surface area contributed by atoms with Gasteiger partial charge in [-0.1, -0.05) is 52.9 Å². The van der Waals surface area contributed by atoms with E-state index in [-0.39, 0.29) is 5.56 Å². The van der Waals surface area contributed by atoms with E-state index >= 15 is 0 Å². The van der Waals surface area contributed by atoms with Crippen molar-refractivity contribution in [2.24, 2.45) is 0 Å². The van der Waals surface area contributed by atoms with Crippen LogP contribution in [0.4, 0.5) is 10.8 Å². The third kappa shape index (κ3) is 3.87. The van der Waals surface area contributed by atoms with Gasteiger partial charge in [-0.2, -0.15) is 0 Å². The van der Waals surface area contributed by atoms with Gasteiger partial charge in [0.2, 0.25) is 5.13 Å². The number of aromatic nitrogens is 4. The number of rotatable bonds is 5. The number of nitrogens with zero attached hydrogens (tertiary/aromatic N) is 3. The molecule has 0 bridgehead atoms. The summed E-state index contributed by atoms with van der Waals surface area (Å²) in [6, 6.07) is 14.9. The minimum atomic E-state index is -0.197. The maximum absolute atomic E-state index is 12.2. The molecule has 2 N–H and O–H groups in total. The fourth-order valence-electron chi connectivity index (χ4n) is 2.32. The number of thioether (sulfide) groups is 1. The molecule has 0 unspecified atom stereocenters. The van der Waals surface area contributed by atoms with E-state index in [9.17, 15) is 4.79 Å². The van der Waals surface area contributed by atoms with Crippen LogP contribution in [0.2, 0.25) is 5.02 Å². The van der Waals surface area contributed by atoms with Gasteiger partial charge in [0.25, 0.3) is 5.56 Å². The molecule has 0 amide bonds. The van der Waals surface area contributed by atoms with E-state index in [0.717, 1.165) is 10.0 Å². The summed E-state index contributed by atoms with van der Waals surface area (Å²) < 4.78 is 0.794. The van der Waals surface area contributed by atoms with Gasteiger partial charge in [0.15, 0.2) is 4.34 Å². The maximum atomic E-state index is 12.2. The summed E-state index contributed by atoms with van der Waals surface area (Å²) >= 11 is 8.85. The fourth-order valence-corrected chi connectivity index (χ4v) is 4.14. The van der Waals surface area contributed by atoms with Crippen LogP contribution in [0, 0.1) is 0 Å². The third-order valence-corrected chi connectivity index (χ3v) is 5.70. The Balaban J connectivity index is 1.47. The number of fused-ring (bicyclic) bond motifs is 1. The Morgan fingerprint density at radius 3 is 2.85 bits per heavy atom. The first-order valence-corrected chi connectivity index (χ1v) is 9.82. The van der Waals surface area contributed by atoms with Crippen LogP contribution in [0.15, 0.2) is 57.7 Å². The highest BCUT2D eigenvalue weighted by Crippen LogP contribution is 2.29.